The van der Waals surface area contributed by atoms with Crippen LogP contribution in [0, 0.1) is 5.92 Å². The largest absolute Gasteiger partial charge is 0.330 e. The number of benzene rings is 1. The van der Waals surface area contributed by atoms with Crippen LogP contribution >= 0.6 is 0 Å². The van der Waals surface area contributed by atoms with Gasteiger partial charge in [0.25, 0.3) is 0 Å². The normalized spacial score (nSPS) is 12.3. The quantitative estimate of drug-likeness (QED) is 0.865. The van der Waals surface area contributed by atoms with E-state index in [-0.39, 0.29) is 5.91 Å². The van der Waals surface area contributed by atoms with E-state index in [1.807, 2.05) is 30.3 Å². The summed E-state index contributed by atoms with van der Waals surface area (Å²) >= 11 is 0. The molecular formula is C15H19N3O. The molecule has 3 N–H and O–H groups in total. The molecule has 1 heterocycles. The summed E-state index contributed by atoms with van der Waals surface area (Å²) in [6.07, 6.45) is 3.08. The van der Waals surface area contributed by atoms with Gasteiger partial charge in [0.15, 0.2) is 0 Å². The van der Waals surface area contributed by atoms with E-state index in [2.05, 4.69) is 17.2 Å². The summed E-state index contributed by atoms with van der Waals surface area (Å²) < 4.78 is 0. The molecule has 4 heteroatoms. The third kappa shape index (κ3) is 3.76. The molecule has 1 unspecified atom stereocenters. The van der Waals surface area contributed by atoms with Crippen molar-refractivity contribution in [2.45, 2.75) is 19.8 Å². The number of nitrogens with two attached hydrogens (primary N) is 1. The van der Waals surface area contributed by atoms with Gasteiger partial charge in [-0.2, -0.15) is 0 Å². The van der Waals surface area contributed by atoms with E-state index in [1.165, 1.54) is 0 Å². The number of fused-ring (bicyclic) bond motifs is 1. The van der Waals surface area contributed by atoms with E-state index >= 15 is 0 Å². The van der Waals surface area contributed by atoms with Gasteiger partial charge in [0.2, 0.25) is 5.91 Å². The molecule has 4 nitrogen and oxygen atoms in total. The lowest BCUT2D eigenvalue weighted by molar-refractivity contribution is -0.116. The number of pyridine rings is 1. The first-order chi connectivity index (χ1) is 9.19. The molecule has 2 rings (SSSR count). The highest BCUT2D eigenvalue weighted by Crippen LogP contribution is 2.17. The molecular weight excluding hydrogens is 238 g/mol. The Bertz CT molecular complexity index is 568. The summed E-state index contributed by atoms with van der Waals surface area (Å²) in [6, 6.07) is 9.59. The number of aromatic nitrogens is 1. The van der Waals surface area contributed by atoms with Crippen molar-refractivity contribution in [2.24, 2.45) is 11.7 Å². The average Bonchev–Trinajstić information content (AvgIpc) is 2.44. The van der Waals surface area contributed by atoms with Crippen molar-refractivity contribution in [2.75, 3.05) is 11.9 Å². The van der Waals surface area contributed by atoms with Crippen molar-refractivity contribution >= 4 is 22.5 Å². The van der Waals surface area contributed by atoms with E-state index in [1.54, 1.807) is 6.20 Å². The lowest BCUT2D eigenvalue weighted by Crippen LogP contribution is -2.16. The maximum atomic E-state index is 11.8. The zero-order valence-corrected chi connectivity index (χ0v) is 11.1. The standard InChI is InChI=1S/C15H19N3O/c1-11(10-16)4-7-15(19)18-13-5-6-14-12(9-13)3-2-8-17-14/h2-3,5-6,8-9,11H,4,7,10,16H2,1H3,(H,18,19). The van der Waals surface area contributed by atoms with Crippen LogP contribution in [0.1, 0.15) is 19.8 Å². The molecule has 0 fully saturated rings. The van der Waals surface area contributed by atoms with Crippen LogP contribution in [0.4, 0.5) is 5.69 Å². The minimum absolute atomic E-state index is 0.0311. The van der Waals surface area contributed by atoms with Crippen LogP contribution in [0.5, 0.6) is 0 Å². The molecule has 1 amide bonds. The molecule has 0 aliphatic carbocycles. The molecule has 0 aliphatic rings. The van der Waals surface area contributed by atoms with Crippen molar-refractivity contribution in [1.82, 2.24) is 4.98 Å². The highest BCUT2D eigenvalue weighted by molar-refractivity contribution is 5.93. The molecule has 2 aromatic rings. The third-order valence-corrected chi connectivity index (χ3v) is 3.15. The molecule has 0 spiro atoms. The Morgan fingerprint density at radius 3 is 3.05 bits per heavy atom. The van der Waals surface area contributed by atoms with Gasteiger partial charge in [-0.1, -0.05) is 13.0 Å². The molecule has 0 radical (unpaired) electrons. The molecule has 0 aliphatic heterocycles. The molecule has 1 aromatic heterocycles. The second-order valence-corrected chi connectivity index (χ2v) is 4.84. The third-order valence-electron chi connectivity index (χ3n) is 3.15. The van der Waals surface area contributed by atoms with Gasteiger partial charge >= 0.3 is 0 Å². The number of amides is 1. The maximum Gasteiger partial charge on any atom is 0.224 e. The first-order valence-electron chi connectivity index (χ1n) is 6.53. The highest BCUT2D eigenvalue weighted by Gasteiger charge is 2.06. The Morgan fingerprint density at radius 1 is 1.42 bits per heavy atom. The minimum Gasteiger partial charge on any atom is -0.330 e. The Labute approximate surface area is 113 Å². The van der Waals surface area contributed by atoms with Gasteiger partial charge < -0.3 is 11.1 Å². The van der Waals surface area contributed by atoms with Crippen molar-refractivity contribution in [3.05, 3.63) is 36.5 Å². The molecule has 0 bridgehead atoms. The Balaban J connectivity index is 1.99. The Morgan fingerprint density at radius 2 is 2.26 bits per heavy atom. The molecule has 0 saturated heterocycles. The van der Waals surface area contributed by atoms with Crippen molar-refractivity contribution in [3.8, 4) is 0 Å². The SMILES string of the molecule is CC(CN)CCC(=O)Nc1ccc2ncccc2c1. The van der Waals surface area contributed by atoms with Gasteiger partial charge in [-0.3, -0.25) is 9.78 Å². The Hall–Kier alpha value is -1.94. The smallest absolute Gasteiger partial charge is 0.224 e. The predicted molar refractivity (Wildman–Crippen MR) is 77.8 cm³/mol. The van der Waals surface area contributed by atoms with Crippen LogP contribution in [0.25, 0.3) is 10.9 Å². The van der Waals surface area contributed by atoms with E-state index in [0.29, 0.717) is 18.9 Å². The van der Waals surface area contributed by atoms with Crippen LogP contribution in [0.15, 0.2) is 36.5 Å². The first kappa shape index (κ1) is 13.5. The van der Waals surface area contributed by atoms with E-state index in [0.717, 1.165) is 23.0 Å². The fourth-order valence-corrected chi connectivity index (χ4v) is 1.87. The summed E-state index contributed by atoms with van der Waals surface area (Å²) in [6.45, 7) is 2.67. The van der Waals surface area contributed by atoms with Gasteiger partial charge in [-0.25, -0.2) is 0 Å². The number of nitrogens with one attached hydrogen (secondary N) is 1. The molecule has 1 atom stereocenters. The number of hydrogen-bond acceptors (Lipinski definition) is 3. The summed E-state index contributed by atoms with van der Waals surface area (Å²) in [7, 11) is 0. The van der Waals surface area contributed by atoms with Crippen LogP contribution < -0.4 is 11.1 Å². The number of carbonyl (C=O) groups is 1. The van der Waals surface area contributed by atoms with E-state index < -0.39 is 0 Å². The van der Waals surface area contributed by atoms with Crippen molar-refractivity contribution in [1.29, 1.82) is 0 Å². The zero-order chi connectivity index (χ0) is 13.7. The number of anilines is 1. The van der Waals surface area contributed by atoms with Crippen molar-refractivity contribution < 1.29 is 4.79 Å². The molecule has 1 aromatic carbocycles. The Kier molecular flexibility index (Phi) is 4.47. The summed E-state index contributed by atoms with van der Waals surface area (Å²) in [5.41, 5.74) is 7.27. The average molecular weight is 257 g/mol. The first-order valence-corrected chi connectivity index (χ1v) is 6.53. The van der Waals surface area contributed by atoms with E-state index in [4.69, 9.17) is 5.73 Å². The molecule has 0 saturated carbocycles. The topological polar surface area (TPSA) is 68.0 Å². The summed E-state index contributed by atoms with van der Waals surface area (Å²) in [5.74, 6) is 0.412. The van der Waals surface area contributed by atoms with E-state index in [9.17, 15) is 4.79 Å². The zero-order valence-electron chi connectivity index (χ0n) is 11.1. The fourth-order valence-electron chi connectivity index (χ4n) is 1.87. The van der Waals surface area contributed by atoms with Crippen LogP contribution in [-0.4, -0.2) is 17.4 Å². The number of rotatable bonds is 5. The second kappa shape index (κ2) is 6.29. The van der Waals surface area contributed by atoms with Gasteiger partial charge in [-0.15, -0.1) is 0 Å². The van der Waals surface area contributed by atoms with Crippen LogP contribution in [0.2, 0.25) is 0 Å². The van der Waals surface area contributed by atoms with Gasteiger partial charge in [-0.05, 0) is 43.1 Å². The maximum absolute atomic E-state index is 11.8. The molecule has 19 heavy (non-hydrogen) atoms. The number of carbonyl (C=O) groups excluding carboxylic acids is 1. The van der Waals surface area contributed by atoms with Gasteiger partial charge in [0.05, 0.1) is 5.52 Å². The van der Waals surface area contributed by atoms with Gasteiger partial charge in [0, 0.05) is 23.7 Å². The minimum atomic E-state index is 0.0311. The van der Waals surface area contributed by atoms with Gasteiger partial charge in [0.1, 0.15) is 0 Å². The second-order valence-electron chi connectivity index (χ2n) is 4.84. The van der Waals surface area contributed by atoms with Crippen molar-refractivity contribution in [3.63, 3.8) is 0 Å². The summed E-state index contributed by atoms with van der Waals surface area (Å²) in [5, 5.41) is 3.93. The van der Waals surface area contributed by atoms with Crippen LogP contribution in [0.3, 0.4) is 0 Å². The monoisotopic (exact) mass is 257 g/mol. The lowest BCUT2D eigenvalue weighted by atomic mass is 10.1. The lowest BCUT2D eigenvalue weighted by Gasteiger charge is -2.09. The molecule has 100 valence electrons. The van der Waals surface area contributed by atoms with Crippen LogP contribution in [-0.2, 0) is 4.79 Å². The number of hydrogen-bond donors (Lipinski definition) is 2. The number of nitrogens with zero attached hydrogens (tertiary/aromatic N) is 1. The fraction of sp³-hybridized carbons (Fsp3) is 0.333. The highest BCUT2D eigenvalue weighted by atomic mass is 16.1. The summed E-state index contributed by atoms with van der Waals surface area (Å²) in [4.78, 5) is 16.0. The predicted octanol–water partition coefficient (Wildman–Crippen LogP) is 2.55.